The Morgan fingerprint density at radius 3 is 2.44 bits per heavy atom. The van der Waals surface area contributed by atoms with Crippen molar-refractivity contribution in [2.45, 2.75) is 53.0 Å². The Hall–Kier alpha value is -0.830. The SMILES string of the molecule is CCCNC(CC)Cc1c(C)nn(C)c1C. The Morgan fingerprint density at radius 2 is 2.00 bits per heavy atom. The highest BCUT2D eigenvalue weighted by Gasteiger charge is 2.13. The molecule has 0 aliphatic rings. The first kappa shape index (κ1) is 13.2. The summed E-state index contributed by atoms with van der Waals surface area (Å²) in [5.41, 5.74) is 3.89. The van der Waals surface area contributed by atoms with E-state index in [1.54, 1.807) is 0 Å². The summed E-state index contributed by atoms with van der Waals surface area (Å²) in [6.07, 6.45) is 3.47. The fourth-order valence-electron chi connectivity index (χ4n) is 2.07. The van der Waals surface area contributed by atoms with Crippen LogP contribution in [-0.4, -0.2) is 22.4 Å². The fourth-order valence-corrected chi connectivity index (χ4v) is 2.07. The lowest BCUT2D eigenvalue weighted by Gasteiger charge is -2.16. The second-order valence-corrected chi connectivity index (χ2v) is 4.54. The zero-order valence-electron chi connectivity index (χ0n) is 11.3. The minimum Gasteiger partial charge on any atom is -0.314 e. The molecule has 0 fully saturated rings. The Morgan fingerprint density at radius 1 is 1.31 bits per heavy atom. The van der Waals surface area contributed by atoms with Crippen molar-refractivity contribution in [3.8, 4) is 0 Å². The van der Waals surface area contributed by atoms with E-state index in [9.17, 15) is 0 Å². The topological polar surface area (TPSA) is 29.9 Å². The van der Waals surface area contributed by atoms with Gasteiger partial charge in [0.25, 0.3) is 0 Å². The lowest BCUT2D eigenvalue weighted by Crippen LogP contribution is -2.31. The monoisotopic (exact) mass is 223 g/mol. The van der Waals surface area contributed by atoms with Crippen molar-refractivity contribution in [2.75, 3.05) is 6.54 Å². The second-order valence-electron chi connectivity index (χ2n) is 4.54. The van der Waals surface area contributed by atoms with E-state index in [1.807, 2.05) is 11.7 Å². The standard InChI is InChI=1S/C13H25N3/c1-6-8-14-12(7-2)9-13-10(3)15-16(5)11(13)4/h12,14H,6-9H2,1-5H3. The van der Waals surface area contributed by atoms with E-state index in [-0.39, 0.29) is 0 Å². The maximum Gasteiger partial charge on any atom is 0.0628 e. The summed E-state index contributed by atoms with van der Waals surface area (Å²) in [6.45, 7) is 9.82. The summed E-state index contributed by atoms with van der Waals surface area (Å²) in [4.78, 5) is 0. The molecule has 3 nitrogen and oxygen atoms in total. The molecule has 16 heavy (non-hydrogen) atoms. The molecule has 1 aromatic rings. The number of aromatic nitrogens is 2. The van der Waals surface area contributed by atoms with Gasteiger partial charge in [-0.3, -0.25) is 4.68 Å². The molecule has 92 valence electrons. The summed E-state index contributed by atoms with van der Waals surface area (Å²) in [6, 6.07) is 0.585. The van der Waals surface area contributed by atoms with E-state index in [0.717, 1.165) is 13.0 Å². The molecule has 1 atom stereocenters. The van der Waals surface area contributed by atoms with Crippen LogP contribution >= 0.6 is 0 Å². The molecule has 0 radical (unpaired) electrons. The molecule has 0 spiro atoms. The van der Waals surface area contributed by atoms with Crippen LogP contribution in [0.5, 0.6) is 0 Å². The summed E-state index contributed by atoms with van der Waals surface area (Å²) in [7, 11) is 2.02. The van der Waals surface area contributed by atoms with Crippen LogP contribution in [0.15, 0.2) is 0 Å². The van der Waals surface area contributed by atoms with Crippen LogP contribution < -0.4 is 5.32 Å². The molecule has 1 heterocycles. The van der Waals surface area contributed by atoms with Gasteiger partial charge in [0.2, 0.25) is 0 Å². The maximum atomic E-state index is 4.47. The largest absolute Gasteiger partial charge is 0.314 e. The third-order valence-corrected chi connectivity index (χ3v) is 3.29. The first-order valence-corrected chi connectivity index (χ1v) is 6.32. The molecule has 0 saturated heterocycles. The molecule has 0 amide bonds. The predicted molar refractivity (Wildman–Crippen MR) is 68.8 cm³/mol. The third-order valence-electron chi connectivity index (χ3n) is 3.29. The number of nitrogens with one attached hydrogen (secondary N) is 1. The van der Waals surface area contributed by atoms with Crippen LogP contribution in [0.25, 0.3) is 0 Å². The van der Waals surface area contributed by atoms with Crippen molar-refractivity contribution in [1.82, 2.24) is 15.1 Å². The minimum atomic E-state index is 0.585. The summed E-state index contributed by atoms with van der Waals surface area (Å²) >= 11 is 0. The number of nitrogens with zero attached hydrogens (tertiary/aromatic N) is 2. The van der Waals surface area contributed by atoms with Gasteiger partial charge in [-0.15, -0.1) is 0 Å². The average molecular weight is 223 g/mol. The first-order valence-electron chi connectivity index (χ1n) is 6.32. The summed E-state index contributed by atoms with van der Waals surface area (Å²) < 4.78 is 1.98. The molecule has 0 bridgehead atoms. The molecule has 0 aliphatic carbocycles. The third kappa shape index (κ3) is 3.08. The molecule has 1 N–H and O–H groups in total. The highest BCUT2D eigenvalue weighted by Crippen LogP contribution is 2.15. The van der Waals surface area contributed by atoms with Gasteiger partial charge >= 0.3 is 0 Å². The Balaban J connectivity index is 2.69. The van der Waals surface area contributed by atoms with Crippen LogP contribution in [0.1, 0.15) is 43.6 Å². The van der Waals surface area contributed by atoms with E-state index in [0.29, 0.717) is 6.04 Å². The quantitative estimate of drug-likeness (QED) is 0.802. The Kier molecular flexibility index (Phi) is 5.00. The number of hydrogen-bond acceptors (Lipinski definition) is 2. The van der Waals surface area contributed by atoms with Gasteiger partial charge in [0.15, 0.2) is 0 Å². The van der Waals surface area contributed by atoms with Gasteiger partial charge in [-0.25, -0.2) is 0 Å². The van der Waals surface area contributed by atoms with Crippen LogP contribution in [-0.2, 0) is 13.5 Å². The minimum absolute atomic E-state index is 0.585. The molecule has 1 rings (SSSR count). The van der Waals surface area contributed by atoms with E-state index in [1.165, 1.54) is 29.8 Å². The lowest BCUT2D eigenvalue weighted by atomic mass is 10.0. The van der Waals surface area contributed by atoms with E-state index >= 15 is 0 Å². The van der Waals surface area contributed by atoms with Crippen LogP contribution in [0.2, 0.25) is 0 Å². The summed E-state index contributed by atoms with van der Waals surface area (Å²) in [5.74, 6) is 0. The average Bonchev–Trinajstić information content (AvgIpc) is 2.50. The number of hydrogen-bond donors (Lipinski definition) is 1. The lowest BCUT2D eigenvalue weighted by molar-refractivity contribution is 0.493. The zero-order valence-corrected chi connectivity index (χ0v) is 11.3. The van der Waals surface area contributed by atoms with E-state index < -0.39 is 0 Å². The zero-order chi connectivity index (χ0) is 12.1. The molecular weight excluding hydrogens is 198 g/mol. The first-order chi connectivity index (χ1) is 7.60. The predicted octanol–water partition coefficient (Wildman–Crippen LogP) is 2.36. The van der Waals surface area contributed by atoms with Gasteiger partial charge in [0, 0.05) is 18.8 Å². The van der Waals surface area contributed by atoms with Gasteiger partial charge in [-0.1, -0.05) is 13.8 Å². The van der Waals surface area contributed by atoms with Crippen molar-refractivity contribution in [1.29, 1.82) is 0 Å². The van der Waals surface area contributed by atoms with Crippen LogP contribution in [0, 0.1) is 13.8 Å². The fraction of sp³-hybridized carbons (Fsp3) is 0.769. The molecule has 1 aromatic heterocycles. The molecule has 0 aliphatic heterocycles. The Bertz CT molecular complexity index is 328. The highest BCUT2D eigenvalue weighted by atomic mass is 15.3. The van der Waals surface area contributed by atoms with Crippen LogP contribution in [0.3, 0.4) is 0 Å². The van der Waals surface area contributed by atoms with Gasteiger partial charge in [-0.05, 0) is 45.2 Å². The second kappa shape index (κ2) is 6.04. The van der Waals surface area contributed by atoms with E-state index in [2.05, 4.69) is 38.1 Å². The number of aryl methyl sites for hydroxylation is 2. The van der Waals surface area contributed by atoms with E-state index in [4.69, 9.17) is 0 Å². The molecule has 0 saturated carbocycles. The van der Waals surface area contributed by atoms with Crippen molar-refractivity contribution >= 4 is 0 Å². The molecular formula is C13H25N3. The van der Waals surface area contributed by atoms with Gasteiger partial charge < -0.3 is 5.32 Å². The molecule has 1 unspecified atom stereocenters. The van der Waals surface area contributed by atoms with Crippen molar-refractivity contribution in [3.63, 3.8) is 0 Å². The molecule has 3 heteroatoms. The summed E-state index contributed by atoms with van der Waals surface area (Å²) in [5, 5.41) is 8.06. The van der Waals surface area contributed by atoms with Gasteiger partial charge in [0.05, 0.1) is 5.69 Å². The van der Waals surface area contributed by atoms with Crippen molar-refractivity contribution in [3.05, 3.63) is 17.0 Å². The normalized spacial score (nSPS) is 13.1. The van der Waals surface area contributed by atoms with Crippen molar-refractivity contribution in [2.24, 2.45) is 7.05 Å². The smallest absolute Gasteiger partial charge is 0.0628 e. The van der Waals surface area contributed by atoms with Crippen molar-refractivity contribution < 1.29 is 0 Å². The van der Waals surface area contributed by atoms with Gasteiger partial charge in [-0.2, -0.15) is 5.10 Å². The highest BCUT2D eigenvalue weighted by molar-refractivity contribution is 5.25. The number of rotatable bonds is 6. The maximum absolute atomic E-state index is 4.47. The molecule has 0 aromatic carbocycles. The Labute approximate surface area is 99.2 Å². The van der Waals surface area contributed by atoms with Crippen LogP contribution in [0.4, 0.5) is 0 Å². The van der Waals surface area contributed by atoms with Gasteiger partial charge in [0.1, 0.15) is 0 Å².